The molecule has 7 aliphatic rings. The molecule has 4 saturated carbocycles. The number of rotatable bonds is 7. The van der Waals surface area contributed by atoms with Gasteiger partial charge in [0.15, 0.2) is 12.6 Å². The lowest BCUT2D eigenvalue weighted by Gasteiger charge is -2.70. The van der Waals surface area contributed by atoms with Crippen LogP contribution in [0.4, 0.5) is 0 Å². The van der Waals surface area contributed by atoms with Gasteiger partial charge in [0.1, 0.15) is 42.7 Å². The van der Waals surface area contributed by atoms with Crippen LogP contribution >= 0.6 is 0 Å². The van der Waals surface area contributed by atoms with Crippen molar-refractivity contribution >= 4 is 11.9 Å². The summed E-state index contributed by atoms with van der Waals surface area (Å²) in [6.45, 7) is 14.1. The van der Waals surface area contributed by atoms with Crippen molar-refractivity contribution in [3.8, 4) is 0 Å². The molecule has 14 nitrogen and oxygen atoms in total. The van der Waals surface area contributed by atoms with Gasteiger partial charge in [0.05, 0.1) is 29.6 Å². The highest BCUT2D eigenvalue weighted by molar-refractivity contribution is 5.84. The molecular weight excluding hydrogens is 728 g/mol. The Morgan fingerprint density at radius 2 is 1.39 bits per heavy atom. The van der Waals surface area contributed by atoms with E-state index in [1.54, 1.807) is 0 Å². The summed E-state index contributed by atoms with van der Waals surface area (Å²) in [7, 11) is 0. The molecule has 0 aromatic rings. The first-order valence-corrected chi connectivity index (χ1v) is 20.9. The second kappa shape index (κ2) is 14.5. The van der Waals surface area contributed by atoms with E-state index in [2.05, 4.69) is 47.6 Å². The van der Waals surface area contributed by atoms with Crippen LogP contribution in [0.5, 0.6) is 0 Å². The number of allylic oxidation sites excluding steroid dienone is 1. The first-order valence-electron chi connectivity index (χ1n) is 20.9. The van der Waals surface area contributed by atoms with Crippen LogP contribution in [0.1, 0.15) is 106 Å². The normalized spacial score (nSPS) is 54.1. The highest BCUT2D eigenvalue weighted by Gasteiger charge is 2.73. The highest BCUT2D eigenvalue weighted by Crippen LogP contribution is 2.76. The van der Waals surface area contributed by atoms with Crippen LogP contribution in [-0.2, 0) is 28.5 Å². The van der Waals surface area contributed by atoms with Gasteiger partial charge >= 0.3 is 11.9 Å². The Kier molecular flexibility index (Phi) is 11.0. The zero-order chi connectivity index (χ0) is 41.1. The molecule has 2 aliphatic heterocycles. The predicted octanol–water partition coefficient (Wildman–Crippen LogP) is 2.83. The van der Waals surface area contributed by atoms with Gasteiger partial charge in [-0.15, -0.1) is 0 Å². The summed E-state index contributed by atoms with van der Waals surface area (Å²) >= 11 is 0. The van der Waals surface area contributed by atoms with E-state index < -0.39 is 101 Å². The standard InChI is InChI=1S/C42H66O14/c1-19-10-15-41(36(49)50)16-17-42(37(51)52)22(27(41)20(19)2)8-9-25-39(6)13-12-26(38(4,5)24(39)11-14-40(25,42)7)56-35-33(48)31(46)29(44)23(55-35)18-53-34-32(47)30(45)28(43)21(3)54-34/h8,19-21,23-35,43-48H,9-18H2,1-7H3,(H,49,50)(H,51,52). The van der Waals surface area contributed by atoms with E-state index >= 15 is 0 Å². The maximum absolute atomic E-state index is 13.9. The van der Waals surface area contributed by atoms with Crippen molar-refractivity contribution in [2.45, 2.75) is 174 Å². The molecule has 20 atom stereocenters. The minimum Gasteiger partial charge on any atom is -0.481 e. The van der Waals surface area contributed by atoms with Gasteiger partial charge in [0.25, 0.3) is 0 Å². The molecule has 5 aliphatic carbocycles. The Morgan fingerprint density at radius 1 is 0.732 bits per heavy atom. The second-order valence-electron chi connectivity index (χ2n) is 20.0. The molecule has 318 valence electrons. The molecule has 0 bridgehead atoms. The largest absolute Gasteiger partial charge is 0.481 e. The van der Waals surface area contributed by atoms with E-state index in [1.807, 2.05) is 0 Å². The molecule has 14 heteroatoms. The molecule has 8 N–H and O–H groups in total. The summed E-state index contributed by atoms with van der Waals surface area (Å²) in [5, 5.41) is 85.6. The number of carboxylic acids is 2. The van der Waals surface area contributed by atoms with Crippen LogP contribution in [0.2, 0.25) is 0 Å². The Morgan fingerprint density at radius 3 is 2.05 bits per heavy atom. The minimum atomic E-state index is -1.64. The minimum absolute atomic E-state index is 0.0113. The van der Waals surface area contributed by atoms with Crippen LogP contribution in [0.3, 0.4) is 0 Å². The number of fused-ring (bicyclic) bond motifs is 7. The van der Waals surface area contributed by atoms with Crippen LogP contribution in [0, 0.1) is 56.7 Å². The quantitative estimate of drug-likeness (QED) is 0.137. The van der Waals surface area contributed by atoms with E-state index in [0.717, 1.165) is 18.4 Å². The average Bonchev–Trinajstić information content (AvgIpc) is 3.14. The first kappa shape index (κ1) is 42.4. The van der Waals surface area contributed by atoms with Gasteiger partial charge in [-0.25, -0.2) is 0 Å². The van der Waals surface area contributed by atoms with Crippen molar-refractivity contribution < 1.29 is 69.4 Å². The average molecular weight is 795 g/mol. The lowest BCUT2D eigenvalue weighted by Crippen LogP contribution is -2.68. The van der Waals surface area contributed by atoms with Crippen LogP contribution in [-0.4, -0.2) is 127 Å². The van der Waals surface area contributed by atoms with E-state index in [0.29, 0.717) is 50.9 Å². The summed E-state index contributed by atoms with van der Waals surface area (Å²) in [5.41, 5.74) is -2.66. The van der Waals surface area contributed by atoms with Gasteiger partial charge in [-0.3, -0.25) is 9.59 Å². The van der Waals surface area contributed by atoms with Gasteiger partial charge in [-0.2, -0.15) is 0 Å². The molecule has 6 fully saturated rings. The van der Waals surface area contributed by atoms with Crippen molar-refractivity contribution in [1.29, 1.82) is 0 Å². The number of ether oxygens (including phenoxy) is 4. The number of carbonyl (C=O) groups is 2. The summed E-state index contributed by atoms with van der Waals surface area (Å²) in [5.74, 6) is -1.53. The van der Waals surface area contributed by atoms with Gasteiger partial charge in [-0.1, -0.05) is 53.2 Å². The third kappa shape index (κ3) is 5.93. The van der Waals surface area contributed by atoms with Crippen LogP contribution in [0.15, 0.2) is 11.6 Å². The fourth-order valence-corrected chi connectivity index (χ4v) is 13.9. The Hall–Kier alpha value is -1.72. The summed E-state index contributed by atoms with van der Waals surface area (Å²) in [6.07, 6.45) is -6.83. The van der Waals surface area contributed by atoms with Crippen molar-refractivity contribution in [3.63, 3.8) is 0 Å². The van der Waals surface area contributed by atoms with Crippen molar-refractivity contribution in [3.05, 3.63) is 11.6 Å². The van der Waals surface area contributed by atoms with E-state index in [9.17, 15) is 50.4 Å². The molecule has 0 aromatic heterocycles. The third-order valence-corrected chi connectivity index (χ3v) is 17.4. The smallest absolute Gasteiger partial charge is 0.314 e. The van der Waals surface area contributed by atoms with Gasteiger partial charge in [-0.05, 0) is 111 Å². The zero-order valence-electron chi connectivity index (χ0n) is 33.9. The molecule has 56 heavy (non-hydrogen) atoms. The predicted molar refractivity (Wildman–Crippen MR) is 198 cm³/mol. The molecule has 0 spiro atoms. The van der Waals surface area contributed by atoms with Crippen LogP contribution in [0.25, 0.3) is 0 Å². The number of aliphatic hydroxyl groups is 6. The van der Waals surface area contributed by atoms with Crippen LogP contribution < -0.4 is 0 Å². The Bertz CT molecular complexity index is 1550. The van der Waals surface area contributed by atoms with Crippen molar-refractivity contribution in [1.82, 2.24) is 0 Å². The second-order valence-corrected chi connectivity index (χ2v) is 20.0. The summed E-state index contributed by atoms with van der Waals surface area (Å²) in [4.78, 5) is 27.0. The summed E-state index contributed by atoms with van der Waals surface area (Å²) in [6, 6.07) is 0. The molecule has 0 aromatic carbocycles. The lowest BCUT2D eigenvalue weighted by molar-refractivity contribution is -0.344. The number of aliphatic carboxylic acids is 2. The molecule has 7 rings (SSSR count). The monoisotopic (exact) mass is 794 g/mol. The maximum atomic E-state index is 13.9. The fourth-order valence-electron chi connectivity index (χ4n) is 13.9. The molecule has 20 unspecified atom stereocenters. The van der Waals surface area contributed by atoms with E-state index in [-0.39, 0.29) is 35.7 Å². The SMILES string of the molecule is CC1CCC2(C(=O)O)CCC3(C(=O)O)C(=CCC4C5(C)CCC(OC6OC(COC7OC(C)C(O)C(O)C7O)C(O)C(O)C6O)C(C)(C)C5CCC43C)C2C1C. The topological polar surface area (TPSA) is 233 Å². The maximum Gasteiger partial charge on any atom is 0.314 e. The summed E-state index contributed by atoms with van der Waals surface area (Å²) < 4.78 is 23.8. The molecule has 2 saturated heterocycles. The number of carboxylic acid groups (broad SMARTS) is 2. The Balaban J connectivity index is 1.12. The van der Waals surface area contributed by atoms with E-state index in [1.165, 1.54) is 6.92 Å². The van der Waals surface area contributed by atoms with Gasteiger partial charge in [0.2, 0.25) is 0 Å². The van der Waals surface area contributed by atoms with Crippen molar-refractivity contribution in [2.24, 2.45) is 56.7 Å². The number of aliphatic hydroxyl groups excluding tert-OH is 6. The number of hydrogen-bond donors (Lipinski definition) is 8. The van der Waals surface area contributed by atoms with Crippen molar-refractivity contribution in [2.75, 3.05) is 6.61 Å². The fraction of sp³-hybridized carbons (Fsp3) is 0.905. The molecule has 0 amide bonds. The Labute approximate surface area is 329 Å². The zero-order valence-corrected chi connectivity index (χ0v) is 33.9. The number of hydrogen-bond acceptors (Lipinski definition) is 12. The van der Waals surface area contributed by atoms with E-state index in [4.69, 9.17) is 18.9 Å². The lowest BCUT2D eigenvalue weighted by atomic mass is 9.33. The first-order chi connectivity index (χ1) is 26.1. The molecule has 0 radical (unpaired) electrons. The van der Waals surface area contributed by atoms with Gasteiger partial charge in [0, 0.05) is 0 Å². The third-order valence-electron chi connectivity index (χ3n) is 17.4. The van der Waals surface area contributed by atoms with Gasteiger partial charge < -0.3 is 59.8 Å². The molecular formula is C42H66O14. The highest BCUT2D eigenvalue weighted by atomic mass is 16.7. The molecule has 2 heterocycles.